The summed E-state index contributed by atoms with van der Waals surface area (Å²) in [5.74, 6) is 0.202. The van der Waals surface area contributed by atoms with E-state index in [1.165, 1.54) is 11.6 Å². The average Bonchev–Trinajstić information content (AvgIpc) is 2.80. The molecule has 7 heteroatoms. The summed E-state index contributed by atoms with van der Waals surface area (Å²) in [4.78, 5) is 15.1. The van der Waals surface area contributed by atoms with Gasteiger partial charge in [-0.15, -0.1) is 0 Å². The monoisotopic (exact) mass is 242 g/mol. The molecule has 1 aliphatic rings. The van der Waals surface area contributed by atoms with E-state index in [9.17, 15) is 4.79 Å². The molecule has 1 fully saturated rings. The molecule has 96 valence electrons. The normalized spacial score (nSPS) is 23.0. The summed E-state index contributed by atoms with van der Waals surface area (Å²) < 4.78 is 6.84. The molecule has 0 radical (unpaired) electrons. The largest absolute Gasteiger partial charge is 0.394 e. The Balaban J connectivity index is 0.000000686. The Morgan fingerprint density at radius 3 is 2.82 bits per heavy atom. The van der Waals surface area contributed by atoms with Crippen LogP contribution in [0.1, 0.15) is 19.1 Å². The summed E-state index contributed by atoms with van der Waals surface area (Å²) in [7, 11) is 1.50. The van der Waals surface area contributed by atoms with Gasteiger partial charge in [-0.25, -0.2) is 4.79 Å². The van der Waals surface area contributed by atoms with Crippen LogP contribution >= 0.6 is 0 Å². The van der Waals surface area contributed by atoms with E-state index in [0.717, 1.165) is 6.42 Å². The average molecular weight is 242 g/mol. The van der Waals surface area contributed by atoms with Crippen molar-refractivity contribution in [3.05, 3.63) is 22.7 Å². The molecule has 1 aliphatic heterocycles. The van der Waals surface area contributed by atoms with Gasteiger partial charge in [-0.2, -0.15) is 4.98 Å². The van der Waals surface area contributed by atoms with Crippen LogP contribution in [0.25, 0.3) is 0 Å². The lowest BCUT2D eigenvalue weighted by Gasteiger charge is -2.14. The van der Waals surface area contributed by atoms with Gasteiger partial charge in [-0.1, -0.05) is 0 Å². The number of aliphatic hydroxyl groups excluding tert-OH is 1. The van der Waals surface area contributed by atoms with Crippen LogP contribution in [0.2, 0.25) is 0 Å². The van der Waals surface area contributed by atoms with Gasteiger partial charge in [0.05, 0.1) is 12.7 Å². The minimum atomic E-state index is -0.418. The third-order valence-electron chi connectivity index (χ3n) is 2.45. The summed E-state index contributed by atoms with van der Waals surface area (Å²) >= 11 is 0. The fourth-order valence-corrected chi connectivity index (χ4v) is 1.67. The van der Waals surface area contributed by atoms with Crippen molar-refractivity contribution in [1.82, 2.24) is 9.55 Å². The summed E-state index contributed by atoms with van der Waals surface area (Å²) in [6.07, 6.45) is 2.51. The van der Waals surface area contributed by atoms with Crippen LogP contribution in [0, 0.1) is 0 Å². The molecule has 2 atom stereocenters. The Labute approximate surface area is 99.0 Å². The van der Waals surface area contributed by atoms with E-state index in [1.807, 2.05) is 0 Å². The Morgan fingerprint density at radius 2 is 2.29 bits per heavy atom. The lowest BCUT2D eigenvalue weighted by molar-refractivity contribution is -0.0245. The molecule has 0 spiro atoms. The van der Waals surface area contributed by atoms with E-state index in [2.05, 4.69) is 10.7 Å². The number of rotatable bonds is 2. The summed E-state index contributed by atoms with van der Waals surface area (Å²) in [6.45, 7) is -0.0202. The first kappa shape index (κ1) is 13.6. The first-order chi connectivity index (χ1) is 8.20. The van der Waals surface area contributed by atoms with Crippen molar-refractivity contribution < 1.29 is 9.84 Å². The Kier molecular flexibility index (Phi) is 5.08. The highest BCUT2D eigenvalue weighted by Crippen LogP contribution is 2.26. The highest BCUT2D eigenvalue weighted by atomic mass is 16.5. The number of nitrogen functional groups attached to an aromatic ring is 1. The highest BCUT2D eigenvalue weighted by molar-refractivity contribution is 5.23. The van der Waals surface area contributed by atoms with Crippen molar-refractivity contribution in [2.24, 2.45) is 5.73 Å². The minimum absolute atomic E-state index is 0.0202. The van der Waals surface area contributed by atoms with Crippen molar-refractivity contribution in [2.45, 2.75) is 25.2 Å². The number of ether oxygens (including phenoxy) is 1. The summed E-state index contributed by atoms with van der Waals surface area (Å²) in [6, 6.07) is 1.55. The second kappa shape index (κ2) is 6.33. The van der Waals surface area contributed by atoms with Gasteiger partial charge >= 0.3 is 5.69 Å². The first-order valence-electron chi connectivity index (χ1n) is 5.39. The van der Waals surface area contributed by atoms with Crippen LogP contribution in [-0.4, -0.2) is 34.4 Å². The molecule has 1 aromatic heterocycles. The van der Waals surface area contributed by atoms with Gasteiger partial charge in [0.2, 0.25) is 0 Å². The molecule has 17 heavy (non-hydrogen) atoms. The highest BCUT2D eigenvalue weighted by Gasteiger charge is 2.26. The predicted molar refractivity (Wildman–Crippen MR) is 63.3 cm³/mol. The van der Waals surface area contributed by atoms with E-state index in [1.54, 1.807) is 12.3 Å². The van der Waals surface area contributed by atoms with E-state index in [0.29, 0.717) is 6.42 Å². The minimum Gasteiger partial charge on any atom is -0.394 e. The number of aliphatic hydroxyl groups is 1. The lowest BCUT2D eigenvalue weighted by Crippen LogP contribution is -2.27. The van der Waals surface area contributed by atoms with E-state index in [-0.39, 0.29) is 24.8 Å². The van der Waals surface area contributed by atoms with Gasteiger partial charge in [-0.05, 0) is 26.0 Å². The van der Waals surface area contributed by atoms with Crippen molar-refractivity contribution in [3.63, 3.8) is 0 Å². The zero-order valence-electron chi connectivity index (χ0n) is 9.74. The number of anilines is 1. The van der Waals surface area contributed by atoms with Gasteiger partial charge in [0.25, 0.3) is 0 Å². The van der Waals surface area contributed by atoms with E-state index < -0.39 is 5.69 Å². The fraction of sp³-hybridized carbons (Fsp3) is 0.600. The Bertz CT molecular complexity index is 407. The molecule has 5 N–H and O–H groups in total. The predicted octanol–water partition coefficient (Wildman–Crippen LogP) is -0.930. The molecular formula is C10H18N4O3. The van der Waals surface area contributed by atoms with Gasteiger partial charge in [0.15, 0.2) is 0 Å². The van der Waals surface area contributed by atoms with Crippen molar-refractivity contribution in [2.75, 3.05) is 19.4 Å². The fourth-order valence-electron chi connectivity index (χ4n) is 1.67. The first-order valence-corrected chi connectivity index (χ1v) is 5.39. The van der Waals surface area contributed by atoms with Crippen LogP contribution in [0.15, 0.2) is 17.1 Å². The molecule has 0 saturated carbocycles. The zero-order chi connectivity index (χ0) is 12.8. The van der Waals surface area contributed by atoms with Crippen LogP contribution in [0.4, 0.5) is 5.82 Å². The lowest BCUT2D eigenvalue weighted by atomic mass is 10.2. The SMILES string of the molecule is CN.Nc1ccn(C2CC[C@@H](CO)O2)c(=O)n1. The van der Waals surface area contributed by atoms with Gasteiger partial charge in [0, 0.05) is 6.20 Å². The topological polar surface area (TPSA) is 116 Å². The maximum atomic E-state index is 11.5. The second-order valence-electron chi connectivity index (χ2n) is 3.51. The standard InChI is InChI=1S/C9H13N3O3.CH5N/c10-7-3-4-12(9(14)11-7)8-2-1-6(5-13)15-8;1-2/h3-4,6,8,13H,1-2,5H2,(H2,10,11,14);2H2,1H3/t6-,8?;/m0./s1. The molecule has 0 bridgehead atoms. The molecule has 0 amide bonds. The molecule has 1 saturated heterocycles. The number of hydrogen-bond donors (Lipinski definition) is 3. The second-order valence-corrected chi connectivity index (χ2v) is 3.51. The van der Waals surface area contributed by atoms with Crippen molar-refractivity contribution in [1.29, 1.82) is 0 Å². The molecule has 0 aromatic carbocycles. The number of hydrogen-bond acceptors (Lipinski definition) is 6. The van der Waals surface area contributed by atoms with Gasteiger partial charge in [-0.3, -0.25) is 4.57 Å². The van der Waals surface area contributed by atoms with Gasteiger partial charge < -0.3 is 21.3 Å². The molecule has 7 nitrogen and oxygen atoms in total. The Hall–Kier alpha value is -1.44. The van der Waals surface area contributed by atoms with Crippen LogP contribution in [0.5, 0.6) is 0 Å². The van der Waals surface area contributed by atoms with Crippen LogP contribution in [-0.2, 0) is 4.74 Å². The molecule has 1 unspecified atom stereocenters. The van der Waals surface area contributed by atoms with Crippen molar-refractivity contribution >= 4 is 5.82 Å². The third-order valence-corrected chi connectivity index (χ3v) is 2.45. The molecular weight excluding hydrogens is 224 g/mol. The molecule has 1 aromatic rings. The third kappa shape index (κ3) is 3.26. The van der Waals surface area contributed by atoms with Gasteiger partial charge in [0.1, 0.15) is 12.0 Å². The molecule has 2 heterocycles. The summed E-state index contributed by atoms with van der Waals surface area (Å²) in [5, 5.41) is 8.90. The van der Waals surface area contributed by atoms with Crippen LogP contribution in [0.3, 0.4) is 0 Å². The number of nitrogens with zero attached hydrogens (tertiary/aromatic N) is 2. The van der Waals surface area contributed by atoms with E-state index in [4.69, 9.17) is 15.6 Å². The number of nitrogens with two attached hydrogens (primary N) is 2. The van der Waals surface area contributed by atoms with E-state index >= 15 is 0 Å². The smallest absolute Gasteiger partial charge is 0.351 e. The number of aromatic nitrogens is 2. The van der Waals surface area contributed by atoms with Crippen molar-refractivity contribution in [3.8, 4) is 0 Å². The zero-order valence-corrected chi connectivity index (χ0v) is 9.74. The quantitative estimate of drug-likeness (QED) is 0.617. The molecule has 0 aliphatic carbocycles. The Morgan fingerprint density at radius 1 is 1.59 bits per heavy atom. The molecule has 2 rings (SSSR count). The maximum absolute atomic E-state index is 11.5. The summed E-state index contributed by atoms with van der Waals surface area (Å²) in [5.41, 5.74) is 9.46. The van der Waals surface area contributed by atoms with Crippen LogP contribution < -0.4 is 17.2 Å². The maximum Gasteiger partial charge on any atom is 0.351 e.